The third-order valence-electron chi connectivity index (χ3n) is 3.89. The molecule has 19 heavy (non-hydrogen) atoms. The predicted octanol–water partition coefficient (Wildman–Crippen LogP) is 4.53. The molecular formula is C14H17BrClN3. The van der Waals surface area contributed by atoms with Gasteiger partial charge in [-0.1, -0.05) is 28.8 Å². The van der Waals surface area contributed by atoms with Crippen LogP contribution in [0.1, 0.15) is 25.7 Å². The molecule has 2 aromatic rings. The molecule has 1 aromatic carbocycles. The number of nitrogens with zero attached hydrogens (tertiary/aromatic N) is 1. The van der Waals surface area contributed by atoms with E-state index in [1.54, 1.807) is 0 Å². The minimum Gasteiger partial charge on any atom is -0.384 e. The number of aromatic amines is 1. The standard InChI is InChI=1S/C14H17BrClN3/c15-10-5-13(11-8-18-19-14(11)6-10)17-7-9-3-1-2-4-12(9)16/h5-6,8-9,12,17H,1-4,7H2,(H,18,19)/t9-,12-/m0/s1. The number of benzene rings is 1. The van der Waals surface area contributed by atoms with Crippen molar-refractivity contribution < 1.29 is 0 Å². The lowest BCUT2D eigenvalue weighted by Gasteiger charge is -2.27. The van der Waals surface area contributed by atoms with Crippen LogP contribution < -0.4 is 5.32 Å². The summed E-state index contributed by atoms with van der Waals surface area (Å²) in [6, 6.07) is 4.14. The second kappa shape index (κ2) is 5.71. The van der Waals surface area contributed by atoms with Crippen molar-refractivity contribution in [2.24, 2.45) is 5.92 Å². The van der Waals surface area contributed by atoms with Gasteiger partial charge >= 0.3 is 0 Å². The first kappa shape index (κ1) is 13.3. The highest BCUT2D eigenvalue weighted by molar-refractivity contribution is 9.10. The minimum atomic E-state index is 0.313. The van der Waals surface area contributed by atoms with Crippen LogP contribution in [0, 0.1) is 5.92 Å². The molecule has 2 N–H and O–H groups in total. The molecule has 1 aliphatic carbocycles. The van der Waals surface area contributed by atoms with Crippen molar-refractivity contribution in [1.82, 2.24) is 10.2 Å². The molecule has 5 heteroatoms. The van der Waals surface area contributed by atoms with Gasteiger partial charge in [0, 0.05) is 27.5 Å². The lowest BCUT2D eigenvalue weighted by molar-refractivity contribution is 0.381. The van der Waals surface area contributed by atoms with E-state index in [9.17, 15) is 0 Å². The zero-order valence-corrected chi connectivity index (χ0v) is 13.0. The molecule has 3 nitrogen and oxygen atoms in total. The van der Waals surface area contributed by atoms with E-state index in [1.807, 2.05) is 12.3 Å². The Balaban J connectivity index is 1.75. The first-order valence-electron chi connectivity index (χ1n) is 6.74. The van der Waals surface area contributed by atoms with E-state index in [0.717, 1.165) is 34.0 Å². The maximum atomic E-state index is 6.41. The summed E-state index contributed by atoms with van der Waals surface area (Å²) in [5.74, 6) is 0.566. The lowest BCUT2D eigenvalue weighted by Crippen LogP contribution is -2.26. The van der Waals surface area contributed by atoms with Gasteiger partial charge in [0.15, 0.2) is 0 Å². The molecule has 0 amide bonds. The van der Waals surface area contributed by atoms with Crippen LogP contribution in [0.4, 0.5) is 5.69 Å². The molecule has 0 unspecified atom stereocenters. The Kier molecular flexibility index (Phi) is 3.99. The SMILES string of the molecule is Cl[C@H]1CCCC[C@H]1CNc1cc(Br)cc2[nH]ncc12. The van der Waals surface area contributed by atoms with Gasteiger partial charge in [-0.2, -0.15) is 5.10 Å². The predicted molar refractivity (Wildman–Crippen MR) is 83.9 cm³/mol. The van der Waals surface area contributed by atoms with Gasteiger partial charge < -0.3 is 5.32 Å². The van der Waals surface area contributed by atoms with Gasteiger partial charge in [0.05, 0.1) is 11.7 Å². The molecule has 0 saturated heterocycles. The second-order valence-corrected chi connectivity index (χ2v) is 6.70. The zero-order valence-electron chi connectivity index (χ0n) is 10.6. The number of alkyl halides is 1. The Morgan fingerprint density at radius 2 is 2.21 bits per heavy atom. The fourth-order valence-corrected chi connectivity index (χ4v) is 3.62. The van der Waals surface area contributed by atoms with Crippen LogP contribution in [-0.4, -0.2) is 22.1 Å². The number of hydrogen-bond donors (Lipinski definition) is 2. The summed E-state index contributed by atoms with van der Waals surface area (Å²) >= 11 is 9.94. The highest BCUT2D eigenvalue weighted by atomic mass is 79.9. The first-order chi connectivity index (χ1) is 9.24. The third-order valence-corrected chi connectivity index (χ3v) is 4.93. The monoisotopic (exact) mass is 341 g/mol. The van der Waals surface area contributed by atoms with Crippen LogP contribution in [0.2, 0.25) is 0 Å². The fourth-order valence-electron chi connectivity index (χ4n) is 2.80. The molecule has 1 heterocycles. The fraction of sp³-hybridized carbons (Fsp3) is 0.500. The highest BCUT2D eigenvalue weighted by Crippen LogP contribution is 2.31. The molecule has 1 saturated carbocycles. The number of fused-ring (bicyclic) bond motifs is 1. The van der Waals surface area contributed by atoms with Crippen LogP contribution in [0.15, 0.2) is 22.8 Å². The number of nitrogens with one attached hydrogen (secondary N) is 2. The largest absolute Gasteiger partial charge is 0.384 e. The lowest BCUT2D eigenvalue weighted by atomic mass is 9.88. The second-order valence-electron chi connectivity index (χ2n) is 5.23. The number of H-pyrrole nitrogens is 1. The molecule has 0 aliphatic heterocycles. The van der Waals surface area contributed by atoms with E-state index in [1.165, 1.54) is 19.3 Å². The van der Waals surface area contributed by atoms with Crippen molar-refractivity contribution in [3.05, 3.63) is 22.8 Å². The Labute approximate surface area is 126 Å². The van der Waals surface area contributed by atoms with E-state index in [2.05, 4.69) is 37.5 Å². The number of halogens is 2. The van der Waals surface area contributed by atoms with Crippen LogP contribution in [-0.2, 0) is 0 Å². The van der Waals surface area contributed by atoms with Gasteiger partial charge in [-0.3, -0.25) is 5.10 Å². The van der Waals surface area contributed by atoms with Crippen molar-refractivity contribution in [3.63, 3.8) is 0 Å². The van der Waals surface area contributed by atoms with Gasteiger partial charge in [-0.25, -0.2) is 0 Å². The quantitative estimate of drug-likeness (QED) is 0.804. The van der Waals surface area contributed by atoms with Gasteiger partial charge in [-0.05, 0) is 30.9 Å². The molecule has 1 aromatic heterocycles. The molecule has 1 fully saturated rings. The Hall–Kier alpha value is -0.740. The Bertz CT molecular complexity index is 569. The maximum Gasteiger partial charge on any atom is 0.0682 e. The number of anilines is 1. The summed E-state index contributed by atoms with van der Waals surface area (Å²) in [6.45, 7) is 0.935. The van der Waals surface area contributed by atoms with E-state index in [4.69, 9.17) is 11.6 Å². The van der Waals surface area contributed by atoms with Crippen LogP contribution in [0.3, 0.4) is 0 Å². The van der Waals surface area contributed by atoms with Gasteiger partial charge in [0.25, 0.3) is 0 Å². The summed E-state index contributed by atoms with van der Waals surface area (Å²) in [6.07, 6.45) is 6.81. The third kappa shape index (κ3) is 2.90. The molecule has 102 valence electrons. The molecule has 0 spiro atoms. The van der Waals surface area contributed by atoms with Gasteiger partial charge in [0.2, 0.25) is 0 Å². The Morgan fingerprint density at radius 3 is 3.05 bits per heavy atom. The molecule has 0 radical (unpaired) electrons. The number of rotatable bonds is 3. The summed E-state index contributed by atoms with van der Waals surface area (Å²) < 4.78 is 1.05. The zero-order chi connectivity index (χ0) is 13.2. The summed E-state index contributed by atoms with van der Waals surface area (Å²) in [4.78, 5) is 0. The van der Waals surface area contributed by atoms with E-state index in [0.29, 0.717) is 11.3 Å². The minimum absolute atomic E-state index is 0.313. The maximum absolute atomic E-state index is 6.41. The normalized spacial score (nSPS) is 23.7. The Morgan fingerprint density at radius 1 is 1.37 bits per heavy atom. The molecule has 2 atom stereocenters. The topological polar surface area (TPSA) is 40.7 Å². The van der Waals surface area contributed by atoms with E-state index >= 15 is 0 Å². The van der Waals surface area contributed by atoms with Crippen molar-refractivity contribution in [2.45, 2.75) is 31.1 Å². The smallest absolute Gasteiger partial charge is 0.0682 e. The highest BCUT2D eigenvalue weighted by Gasteiger charge is 2.22. The van der Waals surface area contributed by atoms with Gasteiger partial charge in [-0.15, -0.1) is 11.6 Å². The average molecular weight is 343 g/mol. The van der Waals surface area contributed by atoms with Crippen LogP contribution in [0.25, 0.3) is 10.9 Å². The molecule has 1 aliphatic rings. The molecular weight excluding hydrogens is 326 g/mol. The number of hydrogen-bond acceptors (Lipinski definition) is 2. The van der Waals surface area contributed by atoms with Crippen molar-refractivity contribution in [1.29, 1.82) is 0 Å². The summed E-state index contributed by atoms with van der Waals surface area (Å²) in [5.41, 5.74) is 2.16. The average Bonchev–Trinajstić information content (AvgIpc) is 2.85. The molecule has 3 rings (SSSR count). The number of aromatic nitrogens is 2. The van der Waals surface area contributed by atoms with Crippen molar-refractivity contribution >= 4 is 44.1 Å². The van der Waals surface area contributed by atoms with Crippen molar-refractivity contribution in [3.8, 4) is 0 Å². The van der Waals surface area contributed by atoms with Crippen molar-refractivity contribution in [2.75, 3.05) is 11.9 Å². The van der Waals surface area contributed by atoms with Crippen LogP contribution in [0.5, 0.6) is 0 Å². The first-order valence-corrected chi connectivity index (χ1v) is 7.97. The van der Waals surface area contributed by atoms with Crippen LogP contribution >= 0.6 is 27.5 Å². The summed E-state index contributed by atoms with van der Waals surface area (Å²) in [7, 11) is 0. The molecule has 0 bridgehead atoms. The van der Waals surface area contributed by atoms with Gasteiger partial charge in [0.1, 0.15) is 0 Å². The summed E-state index contributed by atoms with van der Waals surface area (Å²) in [5, 5.41) is 12.1. The van der Waals surface area contributed by atoms with E-state index in [-0.39, 0.29) is 0 Å². The van der Waals surface area contributed by atoms with E-state index < -0.39 is 0 Å².